The Morgan fingerprint density at radius 2 is 1.52 bits per heavy atom. The summed E-state index contributed by atoms with van der Waals surface area (Å²) in [5.74, 6) is 0.375. The van der Waals surface area contributed by atoms with Gasteiger partial charge >= 0.3 is 6.18 Å². The number of hydrogen-bond acceptors (Lipinski definition) is 0. The topological polar surface area (TPSA) is 0 Å². The third-order valence-electron chi connectivity index (χ3n) is 4.01. The van der Waals surface area contributed by atoms with Gasteiger partial charge in [-0.1, -0.05) is 77.0 Å². The Labute approximate surface area is 126 Å². The Bertz CT molecular complexity index is 396. The van der Waals surface area contributed by atoms with Crippen LogP contribution in [0.25, 0.3) is 0 Å². The average molecular weight is 300 g/mol. The van der Waals surface area contributed by atoms with Gasteiger partial charge in [-0.15, -0.1) is 0 Å². The lowest BCUT2D eigenvalue weighted by Gasteiger charge is -2.19. The van der Waals surface area contributed by atoms with Gasteiger partial charge in [-0.2, -0.15) is 13.2 Å². The summed E-state index contributed by atoms with van der Waals surface area (Å²) in [5.41, 5.74) is 0.00425. The summed E-state index contributed by atoms with van der Waals surface area (Å²) < 4.78 is 39.2. The zero-order valence-corrected chi connectivity index (χ0v) is 13.2. The molecule has 120 valence electrons. The second-order valence-corrected chi connectivity index (χ2v) is 5.86. The molecule has 0 heterocycles. The van der Waals surface area contributed by atoms with Gasteiger partial charge in [-0.3, -0.25) is 0 Å². The zero-order chi connectivity index (χ0) is 15.7. The first-order valence-electron chi connectivity index (χ1n) is 8.14. The van der Waals surface area contributed by atoms with Crippen LogP contribution in [0.2, 0.25) is 0 Å². The van der Waals surface area contributed by atoms with Crippen molar-refractivity contribution < 1.29 is 13.2 Å². The molecule has 1 aromatic carbocycles. The monoisotopic (exact) mass is 300 g/mol. The molecule has 0 aliphatic carbocycles. The number of benzene rings is 1. The Kier molecular flexibility index (Phi) is 7.84. The molecule has 0 saturated heterocycles. The maximum atomic E-state index is 13.1. The van der Waals surface area contributed by atoms with Crippen LogP contribution in [0.4, 0.5) is 13.2 Å². The van der Waals surface area contributed by atoms with Gasteiger partial charge in [0, 0.05) is 0 Å². The molecule has 0 aliphatic heterocycles. The first kappa shape index (κ1) is 18.1. The lowest BCUT2D eigenvalue weighted by molar-refractivity contribution is -0.138. The van der Waals surface area contributed by atoms with Gasteiger partial charge in [0.1, 0.15) is 0 Å². The highest BCUT2D eigenvalue weighted by molar-refractivity contribution is 5.30. The quantitative estimate of drug-likeness (QED) is 0.449. The van der Waals surface area contributed by atoms with Crippen LogP contribution >= 0.6 is 0 Å². The van der Waals surface area contributed by atoms with Crippen LogP contribution < -0.4 is 0 Å². The van der Waals surface area contributed by atoms with E-state index in [9.17, 15) is 13.2 Å². The van der Waals surface area contributed by atoms with Crippen LogP contribution in [0.5, 0.6) is 0 Å². The van der Waals surface area contributed by atoms with Crippen molar-refractivity contribution in [3.63, 3.8) is 0 Å². The van der Waals surface area contributed by atoms with E-state index in [0.717, 1.165) is 38.5 Å². The van der Waals surface area contributed by atoms with Crippen LogP contribution in [-0.2, 0) is 12.6 Å². The predicted molar refractivity (Wildman–Crippen MR) is 82.3 cm³/mol. The predicted octanol–water partition coefficient (Wildman–Crippen LogP) is 6.63. The first-order valence-corrected chi connectivity index (χ1v) is 8.14. The first-order chi connectivity index (χ1) is 9.99. The minimum absolute atomic E-state index is 0.375. The van der Waals surface area contributed by atoms with E-state index in [1.165, 1.54) is 18.6 Å². The summed E-state index contributed by atoms with van der Waals surface area (Å²) in [5, 5.41) is 0. The van der Waals surface area contributed by atoms with E-state index >= 15 is 0 Å². The van der Waals surface area contributed by atoms with E-state index in [-0.39, 0.29) is 0 Å². The molecule has 0 saturated carbocycles. The zero-order valence-electron chi connectivity index (χ0n) is 13.2. The van der Waals surface area contributed by atoms with Crippen molar-refractivity contribution in [2.24, 2.45) is 5.92 Å². The summed E-state index contributed by atoms with van der Waals surface area (Å²) in [6.45, 7) is 4.28. The largest absolute Gasteiger partial charge is 0.416 e. The van der Waals surface area contributed by atoms with Crippen LogP contribution in [0.1, 0.15) is 69.9 Å². The number of hydrogen-bond donors (Lipinski definition) is 0. The fourth-order valence-corrected chi connectivity index (χ4v) is 2.81. The van der Waals surface area contributed by atoms with Crippen LogP contribution in [0.3, 0.4) is 0 Å². The molecule has 1 atom stereocenters. The van der Waals surface area contributed by atoms with Gasteiger partial charge in [-0.05, 0) is 24.0 Å². The fraction of sp³-hybridized carbons (Fsp3) is 0.667. The highest BCUT2D eigenvalue weighted by Gasteiger charge is 2.33. The second kappa shape index (κ2) is 9.11. The molecule has 0 N–H and O–H groups in total. The number of unbranched alkanes of at least 4 members (excludes halogenated alkanes) is 3. The van der Waals surface area contributed by atoms with Crippen molar-refractivity contribution in [3.8, 4) is 0 Å². The van der Waals surface area contributed by atoms with Crippen LogP contribution in [0.15, 0.2) is 24.3 Å². The van der Waals surface area contributed by atoms with Crippen LogP contribution in [-0.4, -0.2) is 0 Å². The fourth-order valence-electron chi connectivity index (χ4n) is 2.81. The molecule has 0 amide bonds. The summed E-state index contributed by atoms with van der Waals surface area (Å²) >= 11 is 0. The highest BCUT2D eigenvalue weighted by atomic mass is 19.4. The lowest BCUT2D eigenvalue weighted by atomic mass is 9.87. The smallest absolute Gasteiger partial charge is 0.166 e. The molecule has 1 rings (SSSR count). The van der Waals surface area contributed by atoms with Crippen molar-refractivity contribution in [2.45, 2.75) is 71.4 Å². The Morgan fingerprint density at radius 1 is 0.905 bits per heavy atom. The van der Waals surface area contributed by atoms with Crippen molar-refractivity contribution in [1.82, 2.24) is 0 Å². The summed E-state index contributed by atoms with van der Waals surface area (Å²) in [4.78, 5) is 0. The summed E-state index contributed by atoms with van der Waals surface area (Å²) in [6, 6.07) is 6.04. The Balaban J connectivity index is 2.77. The van der Waals surface area contributed by atoms with E-state index in [1.54, 1.807) is 12.1 Å². The molecule has 0 aromatic heterocycles. The van der Waals surface area contributed by atoms with E-state index in [4.69, 9.17) is 0 Å². The molecule has 0 fully saturated rings. The van der Waals surface area contributed by atoms with Crippen molar-refractivity contribution >= 4 is 0 Å². The standard InChI is InChI=1S/C18H27F3/c1-3-5-7-11-15(10-6-4-2)14-16-12-8-9-13-17(16)18(19,20)21/h8-9,12-13,15H,3-7,10-11,14H2,1-2H3. The van der Waals surface area contributed by atoms with E-state index in [2.05, 4.69) is 13.8 Å². The maximum absolute atomic E-state index is 13.1. The average Bonchev–Trinajstić information content (AvgIpc) is 2.44. The van der Waals surface area contributed by atoms with Gasteiger partial charge in [0.2, 0.25) is 0 Å². The molecule has 1 unspecified atom stereocenters. The van der Waals surface area contributed by atoms with Crippen LogP contribution in [0, 0.1) is 5.92 Å². The Morgan fingerprint density at radius 3 is 2.14 bits per heavy atom. The molecule has 0 nitrogen and oxygen atoms in total. The lowest BCUT2D eigenvalue weighted by Crippen LogP contribution is -2.13. The van der Waals surface area contributed by atoms with Gasteiger partial charge in [-0.25, -0.2) is 0 Å². The summed E-state index contributed by atoms with van der Waals surface area (Å²) in [6.07, 6.45) is 4.04. The third-order valence-corrected chi connectivity index (χ3v) is 4.01. The molecular weight excluding hydrogens is 273 g/mol. The molecule has 0 radical (unpaired) electrons. The number of alkyl halides is 3. The molecule has 21 heavy (non-hydrogen) atoms. The molecule has 1 aromatic rings. The number of rotatable bonds is 9. The molecule has 3 heteroatoms. The van der Waals surface area contributed by atoms with Crippen molar-refractivity contribution in [2.75, 3.05) is 0 Å². The maximum Gasteiger partial charge on any atom is 0.416 e. The van der Waals surface area contributed by atoms with Gasteiger partial charge < -0.3 is 0 Å². The van der Waals surface area contributed by atoms with Gasteiger partial charge in [0.05, 0.1) is 5.56 Å². The second-order valence-electron chi connectivity index (χ2n) is 5.86. The third kappa shape index (κ3) is 6.54. The molecule has 0 spiro atoms. The van der Waals surface area contributed by atoms with E-state index < -0.39 is 11.7 Å². The Hall–Kier alpha value is -0.990. The molecule has 0 bridgehead atoms. The highest BCUT2D eigenvalue weighted by Crippen LogP contribution is 2.34. The normalized spacial score (nSPS) is 13.4. The molecule has 0 aliphatic rings. The van der Waals surface area contributed by atoms with Gasteiger partial charge in [0.25, 0.3) is 0 Å². The minimum Gasteiger partial charge on any atom is -0.166 e. The van der Waals surface area contributed by atoms with E-state index in [0.29, 0.717) is 17.9 Å². The SMILES string of the molecule is CCCCCC(CCCC)Cc1ccccc1C(F)(F)F. The minimum atomic E-state index is -4.24. The number of halogens is 3. The van der Waals surface area contributed by atoms with Gasteiger partial charge in [0.15, 0.2) is 0 Å². The van der Waals surface area contributed by atoms with E-state index in [1.807, 2.05) is 0 Å². The van der Waals surface area contributed by atoms with Crippen molar-refractivity contribution in [3.05, 3.63) is 35.4 Å². The molecular formula is C18H27F3. The van der Waals surface area contributed by atoms with Crippen molar-refractivity contribution in [1.29, 1.82) is 0 Å². The summed E-state index contributed by atoms with van der Waals surface area (Å²) in [7, 11) is 0.